The fourth-order valence-corrected chi connectivity index (χ4v) is 2.67. The number of aromatic nitrogens is 2. The molecule has 5 heteroatoms. The molecule has 22 heavy (non-hydrogen) atoms. The Hall–Kier alpha value is -3.13. The van der Waals surface area contributed by atoms with Crippen molar-refractivity contribution in [2.24, 2.45) is 7.05 Å². The maximum Gasteiger partial charge on any atom is 0.267 e. The molecule has 0 atom stereocenters. The van der Waals surface area contributed by atoms with Gasteiger partial charge in [0.15, 0.2) is 0 Å². The first-order valence-corrected chi connectivity index (χ1v) is 6.81. The molecular formula is C17H14N4O. The molecule has 0 spiro atoms. The Morgan fingerprint density at radius 1 is 1.27 bits per heavy atom. The molecule has 0 unspecified atom stereocenters. The van der Waals surface area contributed by atoms with E-state index in [9.17, 15) is 10.1 Å². The van der Waals surface area contributed by atoms with E-state index in [0.717, 1.165) is 22.0 Å². The summed E-state index contributed by atoms with van der Waals surface area (Å²) in [6.45, 7) is 0. The summed E-state index contributed by atoms with van der Waals surface area (Å²) in [5, 5.41) is 12.8. The molecule has 0 aliphatic rings. The number of benzene rings is 1. The molecule has 0 saturated heterocycles. The molecule has 0 fully saturated rings. The van der Waals surface area contributed by atoms with Crippen LogP contribution < -0.4 is 5.32 Å². The molecule has 0 radical (unpaired) electrons. The molecule has 1 N–H and O–H groups in total. The highest BCUT2D eigenvalue weighted by molar-refractivity contribution is 6.03. The Labute approximate surface area is 127 Å². The molecule has 108 valence electrons. The second kappa shape index (κ2) is 5.34. The Morgan fingerprint density at radius 3 is 2.64 bits per heavy atom. The summed E-state index contributed by atoms with van der Waals surface area (Å²) in [6, 6.07) is 11.4. The van der Waals surface area contributed by atoms with Gasteiger partial charge in [-0.15, -0.1) is 0 Å². The third-order valence-electron chi connectivity index (χ3n) is 3.71. The van der Waals surface area contributed by atoms with E-state index in [1.807, 2.05) is 29.8 Å². The molecule has 0 aliphatic carbocycles. The van der Waals surface area contributed by atoms with Crippen molar-refractivity contribution in [1.29, 1.82) is 5.26 Å². The second-order valence-corrected chi connectivity index (χ2v) is 4.98. The fourth-order valence-electron chi connectivity index (χ4n) is 2.67. The predicted octanol–water partition coefficient (Wildman–Crippen LogP) is 2.47. The standard InChI is InChI=1S/C17H14N4O/c1-19-17(22)15-9-13-7-11(10-18)8-14(16(13)21(15)2)12-3-5-20-6-4-12/h3-9H,1-2H3,(H,19,22). The number of carbonyl (C=O) groups is 1. The zero-order valence-corrected chi connectivity index (χ0v) is 12.3. The molecule has 0 bridgehead atoms. The first-order chi connectivity index (χ1) is 10.7. The minimum absolute atomic E-state index is 0.155. The van der Waals surface area contributed by atoms with Crippen molar-refractivity contribution < 1.29 is 4.79 Å². The van der Waals surface area contributed by atoms with E-state index in [1.165, 1.54) is 0 Å². The zero-order valence-electron chi connectivity index (χ0n) is 12.3. The van der Waals surface area contributed by atoms with E-state index in [2.05, 4.69) is 16.4 Å². The van der Waals surface area contributed by atoms with Crippen LogP contribution in [0.1, 0.15) is 16.1 Å². The van der Waals surface area contributed by atoms with E-state index in [-0.39, 0.29) is 5.91 Å². The maximum absolute atomic E-state index is 12.0. The summed E-state index contributed by atoms with van der Waals surface area (Å²) < 4.78 is 1.85. The van der Waals surface area contributed by atoms with Gasteiger partial charge in [0, 0.05) is 37.4 Å². The van der Waals surface area contributed by atoms with Crippen molar-refractivity contribution in [3.63, 3.8) is 0 Å². The van der Waals surface area contributed by atoms with Crippen LogP contribution in [0.25, 0.3) is 22.0 Å². The van der Waals surface area contributed by atoms with Gasteiger partial charge >= 0.3 is 0 Å². The van der Waals surface area contributed by atoms with Crippen LogP contribution in [0.5, 0.6) is 0 Å². The van der Waals surface area contributed by atoms with Crippen LogP contribution >= 0.6 is 0 Å². The predicted molar refractivity (Wildman–Crippen MR) is 84.3 cm³/mol. The molecule has 3 aromatic rings. The van der Waals surface area contributed by atoms with Crippen molar-refractivity contribution >= 4 is 16.8 Å². The van der Waals surface area contributed by atoms with Gasteiger partial charge in [0.05, 0.1) is 17.1 Å². The number of fused-ring (bicyclic) bond motifs is 1. The molecule has 2 aromatic heterocycles. The fraction of sp³-hybridized carbons (Fsp3) is 0.118. The first-order valence-electron chi connectivity index (χ1n) is 6.81. The average Bonchev–Trinajstić information content (AvgIpc) is 2.91. The molecular weight excluding hydrogens is 276 g/mol. The summed E-state index contributed by atoms with van der Waals surface area (Å²) in [6.07, 6.45) is 3.42. The van der Waals surface area contributed by atoms with Gasteiger partial charge < -0.3 is 9.88 Å². The van der Waals surface area contributed by atoms with Gasteiger partial charge in [-0.05, 0) is 35.9 Å². The number of carbonyl (C=O) groups excluding carboxylic acids is 1. The summed E-state index contributed by atoms with van der Waals surface area (Å²) in [5.74, 6) is -0.155. The molecule has 1 amide bonds. The topological polar surface area (TPSA) is 70.7 Å². The number of aryl methyl sites for hydroxylation is 1. The van der Waals surface area contributed by atoms with Gasteiger partial charge in [-0.2, -0.15) is 5.26 Å². The lowest BCUT2D eigenvalue weighted by atomic mass is 10.0. The lowest BCUT2D eigenvalue weighted by Crippen LogP contribution is -2.20. The van der Waals surface area contributed by atoms with E-state index < -0.39 is 0 Å². The second-order valence-electron chi connectivity index (χ2n) is 4.98. The number of hydrogen-bond acceptors (Lipinski definition) is 3. The lowest BCUT2D eigenvalue weighted by Gasteiger charge is -2.08. The van der Waals surface area contributed by atoms with Crippen molar-refractivity contribution in [3.05, 3.63) is 54.0 Å². The van der Waals surface area contributed by atoms with Crippen LogP contribution in [0.15, 0.2) is 42.7 Å². The van der Waals surface area contributed by atoms with E-state index in [1.54, 1.807) is 31.6 Å². The lowest BCUT2D eigenvalue weighted by molar-refractivity contribution is 0.0955. The number of pyridine rings is 1. The van der Waals surface area contributed by atoms with Gasteiger partial charge in [-0.3, -0.25) is 9.78 Å². The smallest absolute Gasteiger partial charge is 0.267 e. The Bertz CT molecular complexity index is 904. The Kier molecular flexibility index (Phi) is 3.36. The number of hydrogen-bond donors (Lipinski definition) is 1. The molecule has 0 aliphatic heterocycles. The van der Waals surface area contributed by atoms with Gasteiger partial charge in [0.1, 0.15) is 5.69 Å². The van der Waals surface area contributed by atoms with E-state index in [4.69, 9.17) is 0 Å². The molecule has 0 saturated carbocycles. The van der Waals surface area contributed by atoms with Crippen LogP contribution in [-0.4, -0.2) is 22.5 Å². The quantitative estimate of drug-likeness (QED) is 0.788. The summed E-state index contributed by atoms with van der Waals surface area (Å²) in [5.41, 5.74) is 3.91. The number of amides is 1. The molecule has 3 rings (SSSR count). The molecule has 1 aromatic carbocycles. The number of nitrogens with zero attached hydrogens (tertiary/aromatic N) is 3. The first kappa shape index (κ1) is 13.8. The molecule has 2 heterocycles. The highest BCUT2D eigenvalue weighted by Crippen LogP contribution is 2.31. The Balaban J connectivity index is 2.38. The van der Waals surface area contributed by atoms with Crippen LogP contribution in [-0.2, 0) is 7.05 Å². The van der Waals surface area contributed by atoms with Crippen LogP contribution in [0.2, 0.25) is 0 Å². The number of nitrogens with one attached hydrogen (secondary N) is 1. The van der Waals surface area contributed by atoms with E-state index >= 15 is 0 Å². The van der Waals surface area contributed by atoms with Gasteiger partial charge in [0.2, 0.25) is 0 Å². The van der Waals surface area contributed by atoms with Crippen molar-refractivity contribution in [3.8, 4) is 17.2 Å². The minimum Gasteiger partial charge on any atom is -0.354 e. The zero-order chi connectivity index (χ0) is 15.7. The minimum atomic E-state index is -0.155. The highest BCUT2D eigenvalue weighted by Gasteiger charge is 2.16. The van der Waals surface area contributed by atoms with Crippen molar-refractivity contribution in [2.75, 3.05) is 7.05 Å². The van der Waals surface area contributed by atoms with Crippen LogP contribution in [0.3, 0.4) is 0 Å². The number of rotatable bonds is 2. The summed E-state index contributed by atoms with van der Waals surface area (Å²) >= 11 is 0. The summed E-state index contributed by atoms with van der Waals surface area (Å²) in [7, 11) is 3.45. The molecule has 5 nitrogen and oxygen atoms in total. The summed E-state index contributed by atoms with van der Waals surface area (Å²) in [4.78, 5) is 16.0. The van der Waals surface area contributed by atoms with Gasteiger partial charge in [-0.1, -0.05) is 0 Å². The van der Waals surface area contributed by atoms with Gasteiger partial charge in [0.25, 0.3) is 5.91 Å². The SMILES string of the molecule is CNC(=O)c1cc2cc(C#N)cc(-c3ccncc3)c2n1C. The van der Waals surface area contributed by atoms with Crippen molar-refractivity contribution in [1.82, 2.24) is 14.9 Å². The van der Waals surface area contributed by atoms with Crippen molar-refractivity contribution in [2.45, 2.75) is 0 Å². The number of nitriles is 1. The van der Waals surface area contributed by atoms with Crippen LogP contribution in [0.4, 0.5) is 0 Å². The Morgan fingerprint density at radius 2 is 2.00 bits per heavy atom. The monoisotopic (exact) mass is 290 g/mol. The van der Waals surface area contributed by atoms with Crippen LogP contribution in [0, 0.1) is 11.3 Å². The third-order valence-corrected chi connectivity index (χ3v) is 3.71. The normalized spacial score (nSPS) is 10.4. The highest BCUT2D eigenvalue weighted by atomic mass is 16.1. The average molecular weight is 290 g/mol. The van der Waals surface area contributed by atoms with Gasteiger partial charge in [-0.25, -0.2) is 0 Å². The van der Waals surface area contributed by atoms with E-state index in [0.29, 0.717) is 11.3 Å². The maximum atomic E-state index is 12.0. The largest absolute Gasteiger partial charge is 0.354 e. The third kappa shape index (κ3) is 2.11.